The number of nitrogens with zero attached hydrogens (tertiary/aromatic N) is 1. The van der Waals surface area contributed by atoms with Crippen LogP contribution in [0.1, 0.15) is 19.8 Å². The smallest absolute Gasteiger partial charge is 0.252 e. The fourth-order valence-electron chi connectivity index (χ4n) is 2.24. The van der Waals surface area contributed by atoms with Gasteiger partial charge in [-0.05, 0) is 44.3 Å². The first-order chi connectivity index (χ1) is 9.97. The monoisotopic (exact) mass is 418 g/mol. The van der Waals surface area contributed by atoms with Gasteiger partial charge in [0, 0.05) is 17.1 Å². The van der Waals surface area contributed by atoms with E-state index in [1.807, 2.05) is 13.0 Å². The number of halogens is 2. The van der Waals surface area contributed by atoms with Gasteiger partial charge in [-0.2, -0.15) is 0 Å². The van der Waals surface area contributed by atoms with Crippen molar-refractivity contribution in [2.75, 3.05) is 19.0 Å². The number of carbonyl (C=O) groups is 2. The normalized spacial score (nSPS) is 18.3. The summed E-state index contributed by atoms with van der Waals surface area (Å²) >= 11 is 6.83. The Morgan fingerprint density at radius 1 is 1.33 bits per heavy atom. The largest absolute Gasteiger partial charge is 0.495 e. The van der Waals surface area contributed by atoms with Crippen LogP contribution in [0.15, 0.2) is 21.1 Å². The van der Waals surface area contributed by atoms with Crippen molar-refractivity contribution in [3.63, 3.8) is 0 Å². The molecule has 0 aromatic heterocycles. The lowest BCUT2D eigenvalue weighted by Crippen LogP contribution is -2.35. The summed E-state index contributed by atoms with van der Waals surface area (Å²) in [6.45, 7) is 2.41. The average Bonchev–Trinajstić information content (AvgIpc) is 2.70. The van der Waals surface area contributed by atoms with Gasteiger partial charge in [0.2, 0.25) is 5.91 Å². The Morgan fingerprint density at radius 3 is 2.67 bits per heavy atom. The van der Waals surface area contributed by atoms with E-state index in [-0.39, 0.29) is 18.2 Å². The van der Waals surface area contributed by atoms with Crippen LogP contribution in [0.4, 0.5) is 5.69 Å². The van der Waals surface area contributed by atoms with Gasteiger partial charge in [0.1, 0.15) is 11.8 Å². The molecular formula is C14H16Br2N2O3. The van der Waals surface area contributed by atoms with Crippen LogP contribution in [-0.2, 0) is 9.59 Å². The van der Waals surface area contributed by atoms with Crippen LogP contribution >= 0.6 is 31.9 Å². The quantitative estimate of drug-likeness (QED) is 0.744. The number of likely N-dealkylation sites (tertiary alicyclic amines) is 1. The molecule has 0 spiro atoms. The van der Waals surface area contributed by atoms with Gasteiger partial charge in [-0.15, -0.1) is 0 Å². The fraction of sp³-hybridized carbons (Fsp3) is 0.429. The molecule has 2 rings (SSSR count). The summed E-state index contributed by atoms with van der Waals surface area (Å²) in [7, 11) is 1.57. The number of benzene rings is 1. The number of hydrogen-bond acceptors (Lipinski definition) is 4. The summed E-state index contributed by atoms with van der Waals surface area (Å²) in [6, 6.07) is 3.10. The van der Waals surface area contributed by atoms with Gasteiger partial charge in [-0.3, -0.25) is 14.5 Å². The summed E-state index contributed by atoms with van der Waals surface area (Å²) in [5, 5.41) is 3.12. The van der Waals surface area contributed by atoms with Crippen molar-refractivity contribution in [1.82, 2.24) is 4.90 Å². The third kappa shape index (κ3) is 3.40. The van der Waals surface area contributed by atoms with E-state index in [2.05, 4.69) is 37.2 Å². The topological polar surface area (TPSA) is 58.6 Å². The van der Waals surface area contributed by atoms with Gasteiger partial charge >= 0.3 is 0 Å². The Balaban J connectivity index is 2.19. The van der Waals surface area contributed by atoms with Crippen LogP contribution in [0.5, 0.6) is 5.75 Å². The predicted octanol–water partition coefficient (Wildman–Crippen LogP) is 3.17. The molecule has 1 unspecified atom stereocenters. The van der Waals surface area contributed by atoms with E-state index in [1.165, 1.54) is 4.90 Å². The number of ether oxygens (including phenoxy) is 1. The van der Waals surface area contributed by atoms with Crippen LogP contribution < -0.4 is 10.1 Å². The van der Waals surface area contributed by atoms with E-state index in [0.29, 0.717) is 12.3 Å². The zero-order valence-corrected chi connectivity index (χ0v) is 15.0. The second-order valence-electron chi connectivity index (χ2n) is 4.75. The number of rotatable bonds is 5. The number of amides is 2. The number of carbonyl (C=O) groups excluding carboxylic acids is 2. The molecular weight excluding hydrogens is 404 g/mol. The highest BCUT2D eigenvalue weighted by molar-refractivity contribution is 9.11. The SMILES string of the molecule is CCCN1C(=O)CC(Nc2cc(OC)c(Br)cc2Br)C1=O. The molecule has 2 amide bonds. The first-order valence-corrected chi connectivity index (χ1v) is 8.20. The third-order valence-electron chi connectivity index (χ3n) is 3.26. The highest BCUT2D eigenvalue weighted by Crippen LogP contribution is 2.35. The minimum atomic E-state index is -0.522. The second-order valence-corrected chi connectivity index (χ2v) is 6.46. The molecule has 1 aliphatic rings. The third-order valence-corrected chi connectivity index (χ3v) is 4.54. The minimum Gasteiger partial charge on any atom is -0.495 e. The number of anilines is 1. The summed E-state index contributed by atoms with van der Waals surface area (Å²) in [6.07, 6.45) is 0.948. The molecule has 114 valence electrons. The van der Waals surface area contributed by atoms with E-state index in [9.17, 15) is 9.59 Å². The number of methoxy groups -OCH3 is 1. The molecule has 0 radical (unpaired) electrons. The molecule has 1 N–H and O–H groups in total. The second kappa shape index (κ2) is 6.79. The van der Waals surface area contributed by atoms with Crippen molar-refractivity contribution in [2.24, 2.45) is 0 Å². The highest BCUT2D eigenvalue weighted by Gasteiger charge is 2.38. The maximum absolute atomic E-state index is 12.2. The molecule has 0 aliphatic carbocycles. The van der Waals surface area contributed by atoms with Crippen LogP contribution in [0.2, 0.25) is 0 Å². The van der Waals surface area contributed by atoms with E-state index in [0.717, 1.165) is 21.1 Å². The zero-order chi connectivity index (χ0) is 15.6. The fourth-order valence-corrected chi connectivity index (χ4v) is 3.51. The first-order valence-electron chi connectivity index (χ1n) is 6.61. The van der Waals surface area contributed by atoms with Crippen molar-refractivity contribution in [2.45, 2.75) is 25.8 Å². The van der Waals surface area contributed by atoms with Gasteiger partial charge in [0.25, 0.3) is 5.91 Å². The van der Waals surface area contributed by atoms with Crippen molar-refractivity contribution < 1.29 is 14.3 Å². The van der Waals surface area contributed by atoms with Gasteiger partial charge in [-0.25, -0.2) is 0 Å². The molecule has 1 aliphatic heterocycles. The Kier molecular flexibility index (Phi) is 5.27. The van der Waals surface area contributed by atoms with Gasteiger partial charge in [0.05, 0.1) is 23.7 Å². The van der Waals surface area contributed by atoms with Crippen LogP contribution in [-0.4, -0.2) is 36.4 Å². The molecule has 1 aromatic rings. The van der Waals surface area contributed by atoms with Gasteiger partial charge in [-0.1, -0.05) is 6.92 Å². The Morgan fingerprint density at radius 2 is 2.05 bits per heavy atom. The minimum absolute atomic E-state index is 0.125. The molecule has 1 fully saturated rings. The standard InChI is InChI=1S/C14H16Br2N2O3/c1-3-4-18-13(19)7-11(14(18)20)17-10-6-12(21-2)9(16)5-8(10)15/h5-6,11,17H,3-4,7H2,1-2H3. The van der Waals surface area contributed by atoms with E-state index in [1.54, 1.807) is 13.2 Å². The molecule has 7 heteroatoms. The van der Waals surface area contributed by atoms with Crippen molar-refractivity contribution >= 4 is 49.4 Å². The summed E-state index contributed by atoms with van der Waals surface area (Å²) < 4.78 is 6.85. The number of nitrogens with one attached hydrogen (secondary N) is 1. The molecule has 1 atom stereocenters. The zero-order valence-electron chi connectivity index (χ0n) is 11.8. The van der Waals surface area contributed by atoms with Crippen molar-refractivity contribution in [1.29, 1.82) is 0 Å². The lowest BCUT2D eigenvalue weighted by atomic mass is 10.2. The molecule has 1 heterocycles. The van der Waals surface area contributed by atoms with E-state index < -0.39 is 6.04 Å². The summed E-state index contributed by atoms with van der Waals surface area (Å²) in [5.74, 6) is 0.359. The van der Waals surface area contributed by atoms with Gasteiger partial charge < -0.3 is 10.1 Å². The molecule has 5 nitrogen and oxygen atoms in total. The molecule has 0 bridgehead atoms. The molecule has 21 heavy (non-hydrogen) atoms. The molecule has 1 saturated heterocycles. The van der Waals surface area contributed by atoms with Crippen molar-refractivity contribution in [3.05, 3.63) is 21.1 Å². The maximum atomic E-state index is 12.2. The summed E-state index contributed by atoms with van der Waals surface area (Å²) in [5.41, 5.74) is 0.722. The lowest BCUT2D eigenvalue weighted by molar-refractivity contribution is -0.138. The van der Waals surface area contributed by atoms with Crippen LogP contribution in [0.3, 0.4) is 0 Å². The average molecular weight is 420 g/mol. The van der Waals surface area contributed by atoms with E-state index >= 15 is 0 Å². The number of hydrogen-bond donors (Lipinski definition) is 1. The Labute approximate surface area is 140 Å². The highest BCUT2D eigenvalue weighted by atomic mass is 79.9. The van der Waals surface area contributed by atoms with Crippen molar-refractivity contribution in [3.8, 4) is 5.75 Å². The first kappa shape index (κ1) is 16.3. The molecule has 0 saturated carbocycles. The Bertz CT molecular complexity index is 578. The molecule has 1 aromatic carbocycles. The Hall–Kier alpha value is -1.08. The van der Waals surface area contributed by atoms with Crippen LogP contribution in [0.25, 0.3) is 0 Å². The van der Waals surface area contributed by atoms with Gasteiger partial charge in [0.15, 0.2) is 0 Å². The number of imide groups is 1. The predicted molar refractivity (Wildman–Crippen MR) is 87.4 cm³/mol. The van der Waals surface area contributed by atoms with Crippen LogP contribution in [0, 0.1) is 0 Å². The lowest BCUT2D eigenvalue weighted by Gasteiger charge is -2.17. The summed E-state index contributed by atoms with van der Waals surface area (Å²) in [4.78, 5) is 25.4. The maximum Gasteiger partial charge on any atom is 0.252 e. The van der Waals surface area contributed by atoms with E-state index in [4.69, 9.17) is 4.74 Å².